The predicted molar refractivity (Wildman–Crippen MR) is 128 cm³/mol. The second-order valence-electron chi connectivity index (χ2n) is 9.09. The van der Waals surface area contributed by atoms with Crippen LogP contribution in [0.25, 0.3) is 0 Å². The van der Waals surface area contributed by atoms with E-state index < -0.39 is 11.4 Å². The molecule has 2 saturated heterocycles. The third-order valence-corrected chi connectivity index (χ3v) is 6.84. The van der Waals surface area contributed by atoms with E-state index >= 15 is 0 Å². The van der Waals surface area contributed by atoms with Crippen LogP contribution in [0.15, 0.2) is 42.5 Å². The van der Waals surface area contributed by atoms with Crippen molar-refractivity contribution >= 4 is 23.4 Å². The van der Waals surface area contributed by atoms with E-state index in [-0.39, 0.29) is 43.6 Å². The van der Waals surface area contributed by atoms with Crippen molar-refractivity contribution in [3.05, 3.63) is 64.4 Å². The van der Waals surface area contributed by atoms with E-state index in [0.717, 1.165) is 37.9 Å². The average Bonchev–Trinajstić information content (AvgIpc) is 2.85. The molecule has 2 fully saturated rings. The van der Waals surface area contributed by atoms with Gasteiger partial charge in [0, 0.05) is 30.2 Å². The number of likely N-dealkylation sites (tertiary alicyclic amines) is 1. The smallest absolute Gasteiger partial charge is 0.254 e. The Morgan fingerprint density at radius 3 is 2.62 bits per heavy atom. The molecule has 1 atom stereocenters. The fourth-order valence-electron chi connectivity index (χ4n) is 4.52. The Morgan fingerprint density at radius 1 is 1.09 bits per heavy atom. The van der Waals surface area contributed by atoms with Gasteiger partial charge in [0.25, 0.3) is 5.91 Å². The molecule has 6 nitrogen and oxygen atoms in total. The predicted octanol–water partition coefficient (Wildman–Crippen LogP) is 4.48. The lowest BCUT2D eigenvalue weighted by Gasteiger charge is -2.43. The summed E-state index contributed by atoms with van der Waals surface area (Å²) in [5, 5.41) is 0.642. The second kappa shape index (κ2) is 10.7. The zero-order valence-electron chi connectivity index (χ0n) is 19.4. The SMILES string of the molecule is Cc1cc(OC[C@@]2(CC(=O)N3CCCCC3)CN(C(=O)c3cccc(F)c3)CCO2)ccc1Cl. The van der Waals surface area contributed by atoms with Crippen LogP contribution in [0.4, 0.5) is 4.39 Å². The highest BCUT2D eigenvalue weighted by Crippen LogP contribution is 2.28. The summed E-state index contributed by atoms with van der Waals surface area (Å²) in [5.41, 5.74) is 0.140. The number of piperidine rings is 1. The van der Waals surface area contributed by atoms with Crippen LogP contribution < -0.4 is 4.74 Å². The first-order valence-corrected chi connectivity index (χ1v) is 12.1. The van der Waals surface area contributed by atoms with E-state index in [1.807, 2.05) is 17.9 Å². The molecule has 0 aliphatic carbocycles. The van der Waals surface area contributed by atoms with Gasteiger partial charge in [0.1, 0.15) is 23.8 Å². The molecular formula is C26H30ClFN2O4. The zero-order valence-corrected chi connectivity index (χ0v) is 20.2. The Bertz CT molecular complexity index is 1040. The number of benzene rings is 2. The Morgan fingerprint density at radius 2 is 1.88 bits per heavy atom. The van der Waals surface area contributed by atoms with Crippen LogP contribution in [0.3, 0.4) is 0 Å². The molecule has 2 aliphatic heterocycles. The number of halogens is 2. The lowest BCUT2D eigenvalue weighted by atomic mass is 9.95. The summed E-state index contributed by atoms with van der Waals surface area (Å²) in [4.78, 5) is 29.8. The van der Waals surface area contributed by atoms with Crippen LogP contribution in [0.5, 0.6) is 5.75 Å². The van der Waals surface area contributed by atoms with Gasteiger partial charge in [0.2, 0.25) is 5.91 Å². The molecule has 2 aromatic rings. The molecule has 2 heterocycles. The molecule has 182 valence electrons. The molecule has 0 bridgehead atoms. The number of morpholine rings is 1. The number of carbonyl (C=O) groups excluding carboxylic acids is 2. The molecule has 0 aromatic heterocycles. The maximum Gasteiger partial charge on any atom is 0.254 e. The third-order valence-electron chi connectivity index (χ3n) is 6.42. The molecule has 4 rings (SSSR count). The average molecular weight is 489 g/mol. The molecular weight excluding hydrogens is 459 g/mol. The minimum Gasteiger partial charge on any atom is -0.490 e. The summed E-state index contributed by atoms with van der Waals surface area (Å²) < 4.78 is 26.0. The second-order valence-corrected chi connectivity index (χ2v) is 9.49. The number of rotatable bonds is 6. The number of hydrogen-bond acceptors (Lipinski definition) is 4. The van der Waals surface area contributed by atoms with Gasteiger partial charge in [-0.2, -0.15) is 0 Å². The topological polar surface area (TPSA) is 59.1 Å². The third kappa shape index (κ3) is 5.88. The highest BCUT2D eigenvalue weighted by atomic mass is 35.5. The fourth-order valence-corrected chi connectivity index (χ4v) is 4.64. The minimum absolute atomic E-state index is 0.00404. The van der Waals surface area contributed by atoms with Crippen molar-refractivity contribution in [2.45, 2.75) is 38.2 Å². The quantitative estimate of drug-likeness (QED) is 0.601. The number of amides is 2. The van der Waals surface area contributed by atoms with Gasteiger partial charge in [0.15, 0.2) is 0 Å². The summed E-state index contributed by atoms with van der Waals surface area (Å²) in [5.74, 6) is -0.147. The van der Waals surface area contributed by atoms with Crippen molar-refractivity contribution in [3.8, 4) is 5.75 Å². The number of carbonyl (C=O) groups is 2. The Hall–Kier alpha value is -2.64. The highest BCUT2D eigenvalue weighted by Gasteiger charge is 2.42. The summed E-state index contributed by atoms with van der Waals surface area (Å²) in [6.07, 6.45) is 3.21. The maximum absolute atomic E-state index is 13.7. The normalized spacial score (nSPS) is 20.8. The molecule has 2 aliphatic rings. The van der Waals surface area contributed by atoms with Crippen LogP contribution in [0.2, 0.25) is 5.02 Å². The van der Waals surface area contributed by atoms with Crippen molar-refractivity contribution in [1.82, 2.24) is 9.80 Å². The first-order chi connectivity index (χ1) is 16.3. The lowest BCUT2D eigenvalue weighted by Crippen LogP contribution is -2.58. The molecule has 2 amide bonds. The van der Waals surface area contributed by atoms with Gasteiger partial charge in [-0.1, -0.05) is 17.7 Å². The maximum atomic E-state index is 13.7. The van der Waals surface area contributed by atoms with E-state index in [9.17, 15) is 14.0 Å². The summed E-state index contributed by atoms with van der Waals surface area (Å²) >= 11 is 6.13. The molecule has 0 spiro atoms. The number of aryl methyl sites for hydroxylation is 1. The molecule has 0 N–H and O–H groups in total. The van der Waals surface area contributed by atoms with E-state index in [0.29, 0.717) is 17.3 Å². The lowest BCUT2D eigenvalue weighted by molar-refractivity contribution is -0.153. The van der Waals surface area contributed by atoms with Crippen LogP contribution in [-0.4, -0.2) is 66.6 Å². The number of nitrogens with zero attached hydrogens (tertiary/aromatic N) is 2. The van der Waals surface area contributed by atoms with Crippen LogP contribution in [0.1, 0.15) is 41.6 Å². The van der Waals surface area contributed by atoms with Gasteiger partial charge in [-0.15, -0.1) is 0 Å². The van der Waals surface area contributed by atoms with Gasteiger partial charge < -0.3 is 19.3 Å². The Labute approximate surface area is 204 Å². The monoisotopic (exact) mass is 488 g/mol. The van der Waals surface area contributed by atoms with Gasteiger partial charge in [-0.25, -0.2) is 4.39 Å². The van der Waals surface area contributed by atoms with Crippen LogP contribution in [0, 0.1) is 12.7 Å². The molecule has 34 heavy (non-hydrogen) atoms. The number of hydrogen-bond donors (Lipinski definition) is 0. The number of ether oxygens (including phenoxy) is 2. The summed E-state index contributed by atoms with van der Waals surface area (Å²) in [6.45, 7) is 4.25. The molecule has 2 aromatic carbocycles. The molecule has 0 radical (unpaired) electrons. The highest BCUT2D eigenvalue weighted by molar-refractivity contribution is 6.31. The van der Waals surface area contributed by atoms with Crippen molar-refractivity contribution in [2.24, 2.45) is 0 Å². The van der Waals surface area contributed by atoms with Gasteiger partial charge in [0.05, 0.1) is 19.6 Å². The first kappa shape index (κ1) is 24.5. The summed E-state index contributed by atoms with van der Waals surface area (Å²) in [7, 11) is 0. The standard InChI is InChI=1S/C26H30ClFN2O4/c1-19-14-22(8-9-23(19)27)33-18-26(16-24(31)29-10-3-2-4-11-29)17-30(12-13-34-26)25(32)20-6-5-7-21(28)15-20/h5-9,14-15H,2-4,10-13,16-18H2,1H3/t26-/m1/s1. The fraction of sp³-hybridized carbons (Fsp3) is 0.462. The van der Waals surface area contributed by atoms with E-state index in [1.165, 1.54) is 18.2 Å². The van der Waals surface area contributed by atoms with Crippen molar-refractivity contribution in [2.75, 3.05) is 39.4 Å². The minimum atomic E-state index is -1.01. The Balaban J connectivity index is 1.54. The molecule has 0 unspecified atom stereocenters. The molecule has 0 saturated carbocycles. The van der Waals surface area contributed by atoms with E-state index in [1.54, 1.807) is 23.1 Å². The first-order valence-electron chi connectivity index (χ1n) is 11.7. The van der Waals surface area contributed by atoms with Crippen molar-refractivity contribution in [3.63, 3.8) is 0 Å². The van der Waals surface area contributed by atoms with E-state index in [4.69, 9.17) is 21.1 Å². The van der Waals surface area contributed by atoms with Gasteiger partial charge >= 0.3 is 0 Å². The van der Waals surface area contributed by atoms with E-state index in [2.05, 4.69) is 0 Å². The van der Waals surface area contributed by atoms with Crippen molar-refractivity contribution in [1.29, 1.82) is 0 Å². The zero-order chi connectivity index (χ0) is 24.1. The van der Waals surface area contributed by atoms with Gasteiger partial charge in [-0.3, -0.25) is 9.59 Å². The van der Waals surface area contributed by atoms with Gasteiger partial charge in [-0.05, 0) is 68.1 Å². The van der Waals surface area contributed by atoms with Crippen LogP contribution in [-0.2, 0) is 9.53 Å². The molecule has 8 heteroatoms. The van der Waals surface area contributed by atoms with Crippen molar-refractivity contribution < 1.29 is 23.5 Å². The Kier molecular flexibility index (Phi) is 7.73. The van der Waals surface area contributed by atoms with Crippen LogP contribution >= 0.6 is 11.6 Å². The summed E-state index contributed by atoms with van der Waals surface area (Å²) in [6, 6.07) is 11.0. The largest absolute Gasteiger partial charge is 0.490 e.